The number of aromatic hydroxyl groups is 1. The number of hydrogen-bond donors (Lipinski definition) is 2. The van der Waals surface area contributed by atoms with Gasteiger partial charge >= 0.3 is 0 Å². The van der Waals surface area contributed by atoms with Crippen molar-refractivity contribution in [2.45, 2.75) is 34.6 Å². The number of phenols is 1. The van der Waals surface area contributed by atoms with Gasteiger partial charge < -0.3 is 24.2 Å². The summed E-state index contributed by atoms with van der Waals surface area (Å²) in [4.78, 5) is 14.8. The quantitative estimate of drug-likeness (QED) is 0.377. The third-order valence-electron chi connectivity index (χ3n) is 4.68. The molecule has 0 spiro atoms. The average Bonchev–Trinajstić information content (AvgIpc) is 2.78. The van der Waals surface area contributed by atoms with Crippen molar-refractivity contribution in [1.82, 2.24) is 5.43 Å². The number of hydrazone groups is 1. The van der Waals surface area contributed by atoms with E-state index < -0.39 is 5.91 Å². The van der Waals surface area contributed by atoms with Crippen LogP contribution in [0.15, 0.2) is 35.4 Å². The predicted octanol–water partition coefficient (Wildman–Crippen LogP) is 4.20. The van der Waals surface area contributed by atoms with E-state index in [0.717, 1.165) is 18.8 Å². The molecule has 0 heterocycles. The minimum absolute atomic E-state index is 0.0886. The molecule has 0 bridgehead atoms. The summed E-state index contributed by atoms with van der Waals surface area (Å²) in [7, 11) is 0. The molecule has 0 aliphatic heterocycles. The van der Waals surface area contributed by atoms with Crippen LogP contribution < -0.4 is 24.5 Å². The highest BCUT2D eigenvalue weighted by atomic mass is 16.5. The average molecular weight is 444 g/mol. The molecule has 2 rings (SSSR count). The topological polar surface area (TPSA) is 92.6 Å². The molecule has 2 aromatic carbocycles. The number of nitrogens with one attached hydrogen (secondary N) is 1. The lowest BCUT2D eigenvalue weighted by molar-refractivity contribution is 0.0954. The van der Waals surface area contributed by atoms with Crippen molar-refractivity contribution < 1.29 is 24.1 Å². The summed E-state index contributed by atoms with van der Waals surface area (Å²) in [6.07, 6.45) is 1.40. The van der Waals surface area contributed by atoms with Gasteiger partial charge in [-0.15, -0.1) is 0 Å². The fourth-order valence-electron chi connectivity index (χ4n) is 3.17. The number of benzene rings is 2. The number of amides is 1. The maximum Gasteiger partial charge on any atom is 0.271 e. The minimum Gasteiger partial charge on any atom is -0.507 e. The third-order valence-corrected chi connectivity index (χ3v) is 4.68. The maximum absolute atomic E-state index is 12.7. The molecule has 0 atom stereocenters. The molecule has 32 heavy (non-hydrogen) atoms. The van der Waals surface area contributed by atoms with Crippen molar-refractivity contribution >= 4 is 17.8 Å². The molecule has 0 aliphatic rings. The summed E-state index contributed by atoms with van der Waals surface area (Å²) >= 11 is 0. The number of carbonyl (C=O) groups excluding carboxylic acids is 1. The Morgan fingerprint density at radius 3 is 2.06 bits per heavy atom. The lowest BCUT2D eigenvalue weighted by Crippen LogP contribution is -2.21. The van der Waals surface area contributed by atoms with Crippen molar-refractivity contribution in [3.63, 3.8) is 0 Å². The van der Waals surface area contributed by atoms with Crippen LogP contribution in [0.2, 0.25) is 0 Å². The normalized spacial score (nSPS) is 10.8. The Morgan fingerprint density at radius 1 is 0.969 bits per heavy atom. The van der Waals surface area contributed by atoms with Gasteiger partial charge in [-0.1, -0.05) is 0 Å². The Labute approximate surface area is 189 Å². The van der Waals surface area contributed by atoms with Crippen LogP contribution in [-0.2, 0) is 0 Å². The fourth-order valence-corrected chi connectivity index (χ4v) is 3.17. The lowest BCUT2D eigenvalue weighted by atomic mass is 10.1. The zero-order chi connectivity index (χ0) is 23.5. The molecular weight excluding hydrogens is 410 g/mol. The van der Waals surface area contributed by atoms with E-state index in [1.54, 1.807) is 24.3 Å². The summed E-state index contributed by atoms with van der Waals surface area (Å²) in [6, 6.07) is 8.54. The SMILES string of the molecule is CCOc1cc(C(=O)NN=Cc2ccc(N(CC)CC)cc2O)cc(OCC)c1OCC. The van der Waals surface area contributed by atoms with Crippen LogP contribution in [0.1, 0.15) is 50.5 Å². The second-order valence-electron chi connectivity index (χ2n) is 6.72. The molecule has 2 aromatic rings. The standard InChI is InChI=1S/C24H33N3O5/c1-6-27(7-2)19-12-11-17(20(28)15-19)16-25-26-24(29)18-13-21(30-8-3)23(32-10-5)22(14-18)31-9-4/h11-16,28H,6-10H2,1-5H3,(H,26,29). The highest BCUT2D eigenvalue weighted by Gasteiger charge is 2.18. The highest BCUT2D eigenvalue weighted by molar-refractivity contribution is 5.96. The lowest BCUT2D eigenvalue weighted by Gasteiger charge is -2.21. The second-order valence-corrected chi connectivity index (χ2v) is 6.72. The first-order valence-corrected chi connectivity index (χ1v) is 11.0. The molecule has 8 nitrogen and oxygen atoms in total. The molecule has 0 saturated heterocycles. The largest absolute Gasteiger partial charge is 0.507 e. The summed E-state index contributed by atoms with van der Waals surface area (Å²) in [5.74, 6) is 0.976. The van der Waals surface area contributed by atoms with Crippen LogP contribution >= 0.6 is 0 Å². The van der Waals surface area contributed by atoms with Crippen molar-refractivity contribution in [1.29, 1.82) is 0 Å². The molecule has 0 radical (unpaired) electrons. The zero-order valence-electron chi connectivity index (χ0n) is 19.5. The van der Waals surface area contributed by atoms with Gasteiger partial charge in [0.25, 0.3) is 5.91 Å². The Bertz CT molecular complexity index is 899. The fraction of sp³-hybridized carbons (Fsp3) is 0.417. The molecular formula is C24H33N3O5. The van der Waals surface area contributed by atoms with E-state index in [9.17, 15) is 9.90 Å². The highest BCUT2D eigenvalue weighted by Crippen LogP contribution is 2.39. The minimum atomic E-state index is -0.439. The van der Waals surface area contributed by atoms with E-state index in [0.29, 0.717) is 48.2 Å². The molecule has 0 saturated carbocycles. The van der Waals surface area contributed by atoms with Crippen LogP contribution in [-0.4, -0.2) is 50.1 Å². The van der Waals surface area contributed by atoms with Crippen molar-refractivity contribution in [2.75, 3.05) is 37.8 Å². The maximum atomic E-state index is 12.7. The first kappa shape index (κ1) is 24.8. The van der Waals surface area contributed by atoms with Gasteiger partial charge in [0.2, 0.25) is 5.75 Å². The molecule has 1 amide bonds. The Morgan fingerprint density at radius 2 is 1.56 bits per heavy atom. The number of nitrogens with zero attached hydrogens (tertiary/aromatic N) is 2. The monoisotopic (exact) mass is 443 g/mol. The third kappa shape index (κ3) is 6.29. The number of carbonyl (C=O) groups is 1. The molecule has 174 valence electrons. The summed E-state index contributed by atoms with van der Waals surface area (Å²) in [5, 5.41) is 14.3. The Hall–Kier alpha value is -3.42. The Balaban J connectivity index is 2.21. The van der Waals surface area contributed by atoms with Gasteiger partial charge in [-0.2, -0.15) is 5.10 Å². The van der Waals surface area contributed by atoms with Gasteiger partial charge in [0, 0.05) is 36.0 Å². The molecule has 2 N–H and O–H groups in total. The molecule has 0 aromatic heterocycles. The summed E-state index contributed by atoms with van der Waals surface area (Å²) in [5.41, 5.74) is 4.22. The van der Waals surface area contributed by atoms with Gasteiger partial charge in [0.05, 0.1) is 26.0 Å². The van der Waals surface area contributed by atoms with Gasteiger partial charge in [0.1, 0.15) is 5.75 Å². The number of ether oxygens (including phenoxy) is 3. The number of rotatable bonds is 12. The number of anilines is 1. The van der Waals surface area contributed by atoms with Gasteiger partial charge in [-0.25, -0.2) is 5.43 Å². The summed E-state index contributed by atoms with van der Waals surface area (Å²) < 4.78 is 17.0. The van der Waals surface area contributed by atoms with Crippen molar-refractivity contribution in [3.8, 4) is 23.0 Å². The van der Waals surface area contributed by atoms with Gasteiger partial charge in [-0.3, -0.25) is 4.79 Å². The molecule has 0 aliphatic carbocycles. The number of hydrogen-bond acceptors (Lipinski definition) is 7. The molecule has 0 unspecified atom stereocenters. The summed E-state index contributed by atoms with van der Waals surface area (Å²) in [6.45, 7) is 12.6. The number of phenolic OH excluding ortho intramolecular Hbond substituents is 1. The van der Waals surface area contributed by atoms with Crippen LogP contribution in [0, 0.1) is 0 Å². The predicted molar refractivity (Wildman–Crippen MR) is 127 cm³/mol. The van der Waals surface area contributed by atoms with E-state index in [4.69, 9.17) is 14.2 Å². The first-order chi connectivity index (χ1) is 15.5. The Kier molecular flexibility index (Phi) is 9.66. The molecule has 0 fully saturated rings. The van der Waals surface area contributed by atoms with Gasteiger partial charge in [-0.05, 0) is 58.9 Å². The smallest absolute Gasteiger partial charge is 0.271 e. The molecule has 8 heteroatoms. The van der Waals surface area contributed by atoms with Crippen LogP contribution in [0.3, 0.4) is 0 Å². The van der Waals surface area contributed by atoms with Crippen LogP contribution in [0.25, 0.3) is 0 Å². The van der Waals surface area contributed by atoms with E-state index in [2.05, 4.69) is 29.3 Å². The van der Waals surface area contributed by atoms with E-state index >= 15 is 0 Å². The van der Waals surface area contributed by atoms with E-state index in [1.807, 2.05) is 26.8 Å². The van der Waals surface area contributed by atoms with Crippen LogP contribution in [0.5, 0.6) is 23.0 Å². The van der Waals surface area contributed by atoms with Crippen LogP contribution in [0.4, 0.5) is 5.69 Å². The van der Waals surface area contributed by atoms with Gasteiger partial charge in [0.15, 0.2) is 11.5 Å². The van der Waals surface area contributed by atoms with Crippen molar-refractivity contribution in [3.05, 3.63) is 41.5 Å². The first-order valence-electron chi connectivity index (χ1n) is 11.0. The van der Waals surface area contributed by atoms with E-state index in [1.165, 1.54) is 6.21 Å². The zero-order valence-corrected chi connectivity index (χ0v) is 19.5. The van der Waals surface area contributed by atoms with Crippen molar-refractivity contribution in [2.24, 2.45) is 5.10 Å². The van der Waals surface area contributed by atoms with E-state index in [-0.39, 0.29) is 5.75 Å². The second kappa shape index (κ2) is 12.4.